The normalized spacial score (nSPS) is 16.4. The van der Waals surface area contributed by atoms with Gasteiger partial charge in [0, 0.05) is 43.5 Å². The van der Waals surface area contributed by atoms with Crippen LogP contribution in [0.15, 0.2) is 51.7 Å². The summed E-state index contributed by atoms with van der Waals surface area (Å²) in [6.45, 7) is 6.88. The van der Waals surface area contributed by atoms with E-state index >= 15 is 0 Å². The summed E-state index contributed by atoms with van der Waals surface area (Å²) < 4.78 is 27.5. The van der Waals surface area contributed by atoms with Crippen LogP contribution < -0.4 is 10.6 Å². The Kier molecular flexibility index (Phi) is 7.55. The molecule has 1 fully saturated rings. The van der Waals surface area contributed by atoms with Crippen molar-refractivity contribution in [3.05, 3.63) is 52.2 Å². The Balaban J connectivity index is 1.60. The number of aliphatic imine (C=N–C) groups is 1. The number of benzene rings is 1. The lowest BCUT2D eigenvalue weighted by Crippen LogP contribution is -2.43. The Morgan fingerprint density at radius 3 is 2.57 bits per heavy atom. The van der Waals surface area contributed by atoms with Crippen LogP contribution in [0.4, 0.5) is 0 Å². The third-order valence-corrected chi connectivity index (χ3v) is 8.55. The number of nitrogens with one attached hydrogen (secondary N) is 2. The Morgan fingerprint density at radius 1 is 1.13 bits per heavy atom. The second-order valence-corrected chi connectivity index (χ2v) is 11.1. The van der Waals surface area contributed by atoms with Crippen LogP contribution in [0.25, 0.3) is 0 Å². The molecule has 1 aromatic heterocycles. The fraction of sp³-hybridized carbons (Fsp3) is 0.500. The van der Waals surface area contributed by atoms with Gasteiger partial charge in [0.05, 0.1) is 4.90 Å². The number of thiophene rings is 1. The fourth-order valence-electron chi connectivity index (χ4n) is 3.53. The van der Waals surface area contributed by atoms with E-state index in [-0.39, 0.29) is 5.41 Å². The number of hydrogen-bond donors (Lipinski definition) is 2. The van der Waals surface area contributed by atoms with Crippen LogP contribution in [0.2, 0.25) is 0 Å². The van der Waals surface area contributed by atoms with Crippen molar-refractivity contribution in [1.29, 1.82) is 0 Å². The molecule has 1 aliphatic heterocycles. The number of sulfonamides is 1. The van der Waals surface area contributed by atoms with Gasteiger partial charge in [0.2, 0.25) is 10.0 Å². The summed E-state index contributed by atoms with van der Waals surface area (Å²) in [5.41, 5.74) is 0.905. The van der Waals surface area contributed by atoms with Crippen molar-refractivity contribution in [2.75, 3.05) is 26.7 Å². The first-order valence-corrected chi connectivity index (χ1v) is 12.7. The molecule has 2 N–H and O–H groups in total. The lowest BCUT2D eigenvalue weighted by atomic mass is 9.91. The van der Waals surface area contributed by atoms with Crippen LogP contribution in [0.1, 0.15) is 43.6 Å². The SMILES string of the molecule is CN=C(NCc1cccc(S(=O)(=O)N2CCCCC2)c1)NCC(C)(C)c1cccs1. The van der Waals surface area contributed by atoms with E-state index in [0.717, 1.165) is 31.4 Å². The maximum Gasteiger partial charge on any atom is 0.243 e. The van der Waals surface area contributed by atoms with Crippen LogP contribution in [0, 0.1) is 0 Å². The second kappa shape index (κ2) is 9.94. The monoisotopic (exact) mass is 448 g/mol. The topological polar surface area (TPSA) is 73.8 Å². The van der Waals surface area contributed by atoms with Gasteiger partial charge < -0.3 is 10.6 Å². The molecule has 0 saturated carbocycles. The van der Waals surface area contributed by atoms with Gasteiger partial charge in [-0.25, -0.2) is 8.42 Å². The van der Waals surface area contributed by atoms with Crippen LogP contribution in [-0.2, 0) is 22.0 Å². The van der Waals surface area contributed by atoms with Crippen molar-refractivity contribution in [1.82, 2.24) is 14.9 Å². The molecule has 0 amide bonds. The summed E-state index contributed by atoms with van der Waals surface area (Å²) in [4.78, 5) is 5.99. The Hall–Kier alpha value is -1.90. The molecule has 6 nitrogen and oxygen atoms in total. The van der Waals surface area contributed by atoms with Crippen LogP contribution in [0.5, 0.6) is 0 Å². The molecule has 164 valence electrons. The maximum atomic E-state index is 12.9. The summed E-state index contributed by atoms with van der Waals surface area (Å²) in [6.07, 6.45) is 2.97. The molecule has 1 aliphatic rings. The Labute approximate surface area is 184 Å². The van der Waals surface area contributed by atoms with Crippen molar-refractivity contribution in [3.8, 4) is 0 Å². The van der Waals surface area contributed by atoms with Gasteiger partial charge in [0.1, 0.15) is 0 Å². The zero-order valence-corrected chi connectivity index (χ0v) is 19.7. The summed E-state index contributed by atoms with van der Waals surface area (Å²) in [6, 6.07) is 11.4. The molecule has 0 spiro atoms. The van der Waals surface area contributed by atoms with Gasteiger partial charge in [-0.3, -0.25) is 4.99 Å². The Bertz CT molecular complexity index is 947. The first kappa shape index (κ1) is 22.8. The summed E-state index contributed by atoms with van der Waals surface area (Å²) in [7, 11) is -1.68. The lowest BCUT2D eigenvalue weighted by molar-refractivity contribution is 0.346. The van der Waals surface area contributed by atoms with Gasteiger partial charge in [-0.15, -0.1) is 11.3 Å². The summed E-state index contributed by atoms with van der Waals surface area (Å²) in [5, 5.41) is 8.77. The molecular formula is C22H32N4O2S2. The number of guanidine groups is 1. The smallest absolute Gasteiger partial charge is 0.243 e. The maximum absolute atomic E-state index is 12.9. The minimum atomic E-state index is -3.42. The predicted octanol–water partition coefficient (Wildman–Crippen LogP) is 3.57. The number of rotatable bonds is 7. The zero-order chi connectivity index (χ0) is 21.6. The molecule has 0 atom stereocenters. The molecule has 0 unspecified atom stereocenters. The molecule has 0 radical (unpaired) electrons. The number of nitrogens with zero attached hydrogens (tertiary/aromatic N) is 2. The van der Waals surface area contributed by atoms with Gasteiger partial charge in [0.25, 0.3) is 0 Å². The summed E-state index contributed by atoms with van der Waals surface area (Å²) >= 11 is 1.75. The van der Waals surface area contributed by atoms with E-state index < -0.39 is 10.0 Å². The molecule has 1 saturated heterocycles. The highest BCUT2D eigenvalue weighted by Gasteiger charge is 2.26. The van der Waals surface area contributed by atoms with Gasteiger partial charge in [-0.05, 0) is 42.0 Å². The quantitative estimate of drug-likeness (QED) is 0.502. The van der Waals surface area contributed by atoms with Crippen LogP contribution in [-0.4, -0.2) is 45.4 Å². The van der Waals surface area contributed by atoms with E-state index in [1.54, 1.807) is 34.8 Å². The molecule has 1 aromatic carbocycles. The Morgan fingerprint density at radius 2 is 1.90 bits per heavy atom. The van der Waals surface area contributed by atoms with Gasteiger partial charge in [-0.2, -0.15) is 4.31 Å². The molecule has 2 heterocycles. The van der Waals surface area contributed by atoms with Crippen LogP contribution >= 0.6 is 11.3 Å². The van der Waals surface area contributed by atoms with Crippen molar-refractivity contribution in [3.63, 3.8) is 0 Å². The summed E-state index contributed by atoms with van der Waals surface area (Å²) in [5.74, 6) is 0.698. The highest BCUT2D eigenvalue weighted by molar-refractivity contribution is 7.89. The van der Waals surface area contributed by atoms with E-state index in [1.807, 2.05) is 12.1 Å². The standard InChI is InChI=1S/C22H32N4O2S2/c1-22(2,20-11-8-14-29-20)17-25-21(23-3)24-16-18-9-7-10-19(15-18)30(27,28)26-12-5-4-6-13-26/h7-11,14-15H,4-6,12-13,16-17H2,1-3H3,(H2,23,24,25). The average molecular weight is 449 g/mol. The van der Waals surface area contributed by atoms with E-state index in [4.69, 9.17) is 0 Å². The minimum absolute atomic E-state index is 0.00573. The predicted molar refractivity (Wildman–Crippen MR) is 125 cm³/mol. The van der Waals surface area contributed by atoms with E-state index in [1.165, 1.54) is 4.88 Å². The molecular weight excluding hydrogens is 416 g/mol. The van der Waals surface area contributed by atoms with Crippen molar-refractivity contribution in [2.24, 2.45) is 4.99 Å². The highest BCUT2D eigenvalue weighted by Crippen LogP contribution is 2.26. The van der Waals surface area contributed by atoms with Crippen LogP contribution in [0.3, 0.4) is 0 Å². The largest absolute Gasteiger partial charge is 0.356 e. The first-order valence-electron chi connectivity index (χ1n) is 10.4. The molecule has 30 heavy (non-hydrogen) atoms. The molecule has 8 heteroatoms. The van der Waals surface area contributed by atoms with Crippen molar-refractivity contribution < 1.29 is 8.42 Å². The molecule has 2 aromatic rings. The molecule has 0 bridgehead atoms. The molecule has 0 aliphatic carbocycles. The highest BCUT2D eigenvalue weighted by atomic mass is 32.2. The van der Waals surface area contributed by atoms with Crippen molar-refractivity contribution >= 4 is 27.3 Å². The third kappa shape index (κ3) is 5.62. The third-order valence-electron chi connectivity index (χ3n) is 5.42. The average Bonchev–Trinajstić information content (AvgIpc) is 3.31. The fourth-order valence-corrected chi connectivity index (χ4v) is 5.97. The minimum Gasteiger partial charge on any atom is -0.356 e. The van der Waals surface area contributed by atoms with E-state index in [2.05, 4.69) is 47.0 Å². The number of hydrogen-bond acceptors (Lipinski definition) is 4. The molecule has 3 rings (SSSR count). The number of piperidine rings is 1. The first-order chi connectivity index (χ1) is 14.3. The van der Waals surface area contributed by atoms with Gasteiger partial charge in [0.15, 0.2) is 5.96 Å². The zero-order valence-electron chi connectivity index (χ0n) is 18.0. The lowest BCUT2D eigenvalue weighted by Gasteiger charge is -2.26. The van der Waals surface area contributed by atoms with E-state index in [0.29, 0.717) is 30.5 Å². The van der Waals surface area contributed by atoms with Gasteiger partial charge in [-0.1, -0.05) is 38.5 Å². The van der Waals surface area contributed by atoms with E-state index in [9.17, 15) is 8.42 Å². The second-order valence-electron chi connectivity index (χ2n) is 8.25. The van der Waals surface area contributed by atoms with Gasteiger partial charge >= 0.3 is 0 Å². The van der Waals surface area contributed by atoms with Crippen molar-refractivity contribution in [2.45, 2.75) is 50.0 Å².